The Labute approximate surface area is 439 Å². The molecule has 0 radical (unpaired) electrons. The van der Waals surface area contributed by atoms with Gasteiger partial charge in [-0.3, -0.25) is 72.1 Å². The van der Waals surface area contributed by atoms with E-state index in [4.69, 9.17) is 28.0 Å². The van der Waals surface area contributed by atoms with Crippen LogP contribution in [0.2, 0.25) is 0 Å². The van der Waals surface area contributed by atoms with Crippen molar-refractivity contribution in [3.63, 3.8) is 0 Å². The van der Waals surface area contributed by atoms with Crippen LogP contribution in [0.1, 0.15) is 78.2 Å². The number of benzene rings is 1. The largest absolute Gasteiger partial charge is 0.524 e. The molecule has 1 saturated heterocycles. The highest BCUT2D eigenvalue weighted by Gasteiger charge is 2.41. The Morgan fingerprint density at radius 3 is 1.60 bits per heavy atom. The van der Waals surface area contributed by atoms with Crippen LogP contribution in [0, 0.1) is 11.8 Å². The second-order valence-electron chi connectivity index (χ2n) is 18.4. The van der Waals surface area contributed by atoms with E-state index >= 15 is 0 Å². The number of aliphatic hydroxyl groups is 1. The monoisotopic (exact) mass is 1110 g/mol. The van der Waals surface area contributed by atoms with Gasteiger partial charge in [-0.05, 0) is 48.8 Å². The number of amides is 11. The number of carboxylic acid groups (broad SMARTS) is 2. The molecule has 1 aliphatic heterocycles. The summed E-state index contributed by atoms with van der Waals surface area (Å²) in [6.07, 6.45) is -3.73. The Morgan fingerprint density at radius 1 is 0.636 bits per heavy atom. The highest BCUT2D eigenvalue weighted by atomic mass is 31.2. The minimum Gasteiger partial charge on any atom is -0.481 e. The first-order valence-corrected chi connectivity index (χ1v) is 25.2. The molecule has 33 heteroatoms. The van der Waals surface area contributed by atoms with Crippen molar-refractivity contribution in [3.05, 3.63) is 29.8 Å². The van der Waals surface area contributed by atoms with E-state index in [0.717, 1.165) is 17.0 Å². The SMILES string of the molecule is CC(C)[C@H](NC(=O)[C@H](CC(N)=O)NC(=O)[C@@H](NC(=O)[C@H](Cc1ccc(OP(=O)(O)O)cc1)NC(=O)[C@H](CO)NC(=O)[C@@H]1CCCN1C(=O)[C@H](CC(=O)O)NC(=O)[C@@H](N)CC(=O)O)C(C)C)C(=O)N[C@@H](CCC(N)=O)C(N)=O. The molecule has 1 heterocycles. The first-order chi connectivity index (χ1) is 35.7. The summed E-state index contributed by atoms with van der Waals surface area (Å²) >= 11 is 0. The maximum atomic E-state index is 14.2. The van der Waals surface area contributed by atoms with Crippen molar-refractivity contribution in [2.45, 2.75) is 133 Å². The van der Waals surface area contributed by atoms with Gasteiger partial charge in [-0.25, -0.2) is 4.57 Å². The third-order valence-corrected chi connectivity index (χ3v) is 11.9. The predicted octanol–water partition coefficient (Wildman–Crippen LogP) is -6.71. The van der Waals surface area contributed by atoms with E-state index < -0.39 is 183 Å². The molecule has 428 valence electrons. The van der Waals surface area contributed by atoms with Gasteiger partial charge < -0.3 is 84.9 Å². The number of carboxylic acids is 2. The fraction of sp³-hybridized carbons (Fsp3) is 0.568. The standard InChI is InChI=1S/C44H67N12O20P/c1-19(2)34(42(70)49-24(36(48)64)11-12-30(46)58)55-39(67)26(16-31(47)59)51-43(71)35(20(3)4)54-38(66)25(14-21-7-9-22(10-8-21)76-77(73,74)75)50-40(68)28(18-57)53-41(69)29-6-5-13-56(29)44(72)27(17-33(62)63)52-37(65)23(45)15-32(60)61/h7-10,19-20,23-29,34-35,57H,5-6,11-18,45H2,1-4H3,(H2,46,58)(H2,47,59)(H2,48,64)(H,49,70)(H,50,68)(H,51,71)(H,52,65)(H,53,69)(H,54,66)(H,55,67)(H,60,61)(H,62,63)(H2,73,74,75)/t23-,24-,25-,26-,27-,28-,29-,34-,35-/m0/s1. The average molecular weight is 1120 g/mol. The number of phosphoric acid groups is 1. The lowest BCUT2D eigenvalue weighted by Gasteiger charge is -2.30. The Morgan fingerprint density at radius 2 is 1.13 bits per heavy atom. The molecule has 9 atom stereocenters. The van der Waals surface area contributed by atoms with E-state index in [1.165, 1.54) is 39.8 Å². The molecule has 0 bridgehead atoms. The van der Waals surface area contributed by atoms with E-state index in [9.17, 15) is 86.9 Å². The Kier molecular flexibility index (Phi) is 25.5. The fourth-order valence-corrected chi connectivity index (χ4v) is 7.92. The van der Waals surface area contributed by atoms with Gasteiger partial charge in [0, 0.05) is 19.4 Å². The van der Waals surface area contributed by atoms with Gasteiger partial charge in [0.1, 0.15) is 54.1 Å². The third-order valence-electron chi connectivity index (χ3n) is 11.5. The van der Waals surface area contributed by atoms with Gasteiger partial charge in [0.15, 0.2) is 0 Å². The van der Waals surface area contributed by atoms with Gasteiger partial charge in [-0.1, -0.05) is 39.8 Å². The molecule has 32 nitrogen and oxygen atoms in total. The first kappa shape index (κ1) is 65.3. The Hall–Kier alpha value is -7.80. The quantitative estimate of drug-likeness (QED) is 0.0298. The van der Waals surface area contributed by atoms with Crippen molar-refractivity contribution in [3.8, 4) is 5.75 Å². The summed E-state index contributed by atoms with van der Waals surface area (Å²) in [4.78, 5) is 187. The molecule has 0 aromatic heterocycles. The summed E-state index contributed by atoms with van der Waals surface area (Å²) in [5.74, 6) is -16.7. The number of hydrogen-bond donors (Lipinski definition) is 16. The number of aliphatic carboxylic acids is 2. The molecular formula is C44H67N12O20P. The molecule has 1 aliphatic rings. The number of primary amides is 3. The Balaban J connectivity index is 2.45. The van der Waals surface area contributed by atoms with E-state index in [2.05, 4.69) is 41.7 Å². The topological polar surface area (TPSA) is 541 Å². The van der Waals surface area contributed by atoms with Crippen molar-refractivity contribution in [2.24, 2.45) is 34.8 Å². The van der Waals surface area contributed by atoms with Gasteiger partial charge in [0.05, 0.1) is 31.9 Å². The molecule has 0 unspecified atom stereocenters. The van der Waals surface area contributed by atoms with E-state index in [1.54, 1.807) is 0 Å². The maximum Gasteiger partial charge on any atom is 0.524 e. The van der Waals surface area contributed by atoms with Crippen LogP contribution < -0.4 is 64.7 Å². The number of carbonyl (C=O) groups is 13. The van der Waals surface area contributed by atoms with Gasteiger partial charge in [-0.2, -0.15) is 0 Å². The molecule has 0 spiro atoms. The molecule has 1 fully saturated rings. The van der Waals surface area contributed by atoms with Crippen LogP contribution in [0.3, 0.4) is 0 Å². The number of carbonyl (C=O) groups excluding carboxylic acids is 11. The third kappa shape index (κ3) is 22.1. The zero-order chi connectivity index (χ0) is 58.6. The second-order valence-corrected chi connectivity index (χ2v) is 19.6. The lowest BCUT2D eigenvalue weighted by molar-refractivity contribution is -0.146. The van der Waals surface area contributed by atoms with Gasteiger partial charge in [0.25, 0.3) is 0 Å². The van der Waals surface area contributed by atoms with Crippen LogP contribution in [0.15, 0.2) is 24.3 Å². The van der Waals surface area contributed by atoms with Crippen LogP contribution in [0.4, 0.5) is 0 Å². The number of rotatable bonds is 32. The summed E-state index contributed by atoms with van der Waals surface area (Å²) in [6.45, 7) is 4.61. The zero-order valence-electron chi connectivity index (χ0n) is 42.3. The maximum absolute atomic E-state index is 14.2. The Bertz CT molecular complexity index is 2420. The normalized spacial score (nSPS) is 16.4. The number of nitrogens with zero attached hydrogens (tertiary/aromatic N) is 1. The number of nitrogens with two attached hydrogens (primary N) is 4. The fourth-order valence-electron chi connectivity index (χ4n) is 7.52. The average Bonchev–Trinajstić information content (AvgIpc) is 3.81. The minimum atomic E-state index is -5.02. The molecule has 0 saturated carbocycles. The number of likely N-dealkylation sites (tertiary alicyclic amines) is 1. The van der Waals surface area contributed by atoms with Crippen molar-refractivity contribution in [1.82, 2.24) is 42.1 Å². The molecule has 20 N–H and O–H groups in total. The van der Waals surface area contributed by atoms with E-state index in [1.807, 2.05) is 0 Å². The molecule has 2 rings (SSSR count). The second kappa shape index (κ2) is 30.1. The van der Waals surface area contributed by atoms with Crippen LogP contribution >= 0.6 is 7.82 Å². The van der Waals surface area contributed by atoms with Crippen molar-refractivity contribution in [1.29, 1.82) is 0 Å². The summed E-state index contributed by atoms with van der Waals surface area (Å²) < 4.78 is 16.0. The number of aliphatic hydroxyl groups excluding tert-OH is 1. The number of phosphoric ester groups is 1. The van der Waals surface area contributed by atoms with Gasteiger partial charge in [0.2, 0.25) is 65.0 Å². The van der Waals surface area contributed by atoms with Crippen molar-refractivity contribution < 1.29 is 96.5 Å². The number of nitrogens with one attached hydrogen (secondary N) is 7. The van der Waals surface area contributed by atoms with Crippen molar-refractivity contribution >= 4 is 84.7 Å². The highest BCUT2D eigenvalue weighted by molar-refractivity contribution is 7.46. The highest BCUT2D eigenvalue weighted by Crippen LogP contribution is 2.37. The molecule has 0 aliphatic carbocycles. The van der Waals surface area contributed by atoms with Crippen LogP contribution in [-0.2, 0) is 73.3 Å². The summed E-state index contributed by atoms with van der Waals surface area (Å²) in [5, 5.41) is 45.0. The molecular weight excluding hydrogens is 1050 g/mol. The van der Waals surface area contributed by atoms with Crippen LogP contribution in [-0.4, -0.2) is 174 Å². The lowest BCUT2D eigenvalue weighted by Crippen LogP contribution is -2.62. The van der Waals surface area contributed by atoms with E-state index in [0.29, 0.717) is 0 Å². The van der Waals surface area contributed by atoms with Crippen molar-refractivity contribution in [2.75, 3.05) is 13.2 Å². The smallest absolute Gasteiger partial charge is 0.481 e. The first-order valence-electron chi connectivity index (χ1n) is 23.7. The summed E-state index contributed by atoms with van der Waals surface area (Å²) in [7, 11) is -5.02. The summed E-state index contributed by atoms with van der Waals surface area (Å²) in [5.41, 5.74) is 21.7. The van der Waals surface area contributed by atoms with Gasteiger partial charge >= 0.3 is 19.8 Å². The lowest BCUT2D eigenvalue weighted by atomic mass is 9.99. The van der Waals surface area contributed by atoms with Crippen LogP contribution in [0.25, 0.3) is 0 Å². The minimum absolute atomic E-state index is 0.0678. The molecule has 11 amide bonds. The zero-order valence-corrected chi connectivity index (χ0v) is 43.2. The van der Waals surface area contributed by atoms with Gasteiger partial charge in [-0.15, -0.1) is 0 Å². The number of hydrogen-bond acceptors (Lipinski definition) is 17. The molecule has 1 aromatic rings. The van der Waals surface area contributed by atoms with Crippen LogP contribution in [0.5, 0.6) is 5.75 Å². The predicted molar refractivity (Wildman–Crippen MR) is 262 cm³/mol. The van der Waals surface area contributed by atoms with E-state index in [-0.39, 0.29) is 43.5 Å². The molecule has 77 heavy (non-hydrogen) atoms. The summed E-state index contributed by atoms with van der Waals surface area (Å²) in [6, 6.07) is -10.1. The molecule has 1 aromatic carbocycles.